The first-order valence-corrected chi connectivity index (χ1v) is 8.07. The molecule has 23 heavy (non-hydrogen) atoms. The van der Waals surface area contributed by atoms with E-state index in [1.807, 2.05) is 41.1 Å². The highest BCUT2D eigenvalue weighted by Gasteiger charge is 2.15. The fourth-order valence-electron chi connectivity index (χ4n) is 2.24. The predicted molar refractivity (Wildman–Crippen MR) is 89.4 cm³/mol. The van der Waals surface area contributed by atoms with Gasteiger partial charge in [0.2, 0.25) is 0 Å². The SMILES string of the molecule is CN(Cc1ccsc1)C(=O)COC(=O)c1cc2ccccc2[nH]1. The Morgan fingerprint density at radius 1 is 1.26 bits per heavy atom. The van der Waals surface area contributed by atoms with Crippen LogP contribution in [0.4, 0.5) is 0 Å². The molecule has 0 aliphatic heterocycles. The second kappa shape index (κ2) is 6.66. The fourth-order valence-corrected chi connectivity index (χ4v) is 2.90. The van der Waals surface area contributed by atoms with Crippen LogP contribution in [0.2, 0.25) is 0 Å². The van der Waals surface area contributed by atoms with Gasteiger partial charge in [-0.1, -0.05) is 18.2 Å². The van der Waals surface area contributed by atoms with Gasteiger partial charge in [-0.2, -0.15) is 11.3 Å². The zero-order valence-corrected chi connectivity index (χ0v) is 13.4. The van der Waals surface area contributed by atoms with Gasteiger partial charge in [-0.25, -0.2) is 4.79 Å². The monoisotopic (exact) mass is 328 g/mol. The van der Waals surface area contributed by atoms with Gasteiger partial charge in [-0.05, 0) is 34.5 Å². The minimum Gasteiger partial charge on any atom is -0.451 e. The van der Waals surface area contributed by atoms with Gasteiger partial charge in [0.05, 0.1) is 0 Å². The molecule has 2 heterocycles. The van der Waals surface area contributed by atoms with E-state index in [1.54, 1.807) is 29.4 Å². The molecule has 1 aromatic carbocycles. The summed E-state index contributed by atoms with van der Waals surface area (Å²) in [5.41, 5.74) is 2.27. The molecule has 5 nitrogen and oxygen atoms in total. The van der Waals surface area contributed by atoms with Crippen molar-refractivity contribution in [1.29, 1.82) is 0 Å². The molecular weight excluding hydrogens is 312 g/mol. The van der Waals surface area contributed by atoms with Crippen molar-refractivity contribution in [3.8, 4) is 0 Å². The number of likely N-dealkylation sites (N-methyl/N-ethyl adjacent to an activating group) is 1. The molecule has 118 valence electrons. The maximum Gasteiger partial charge on any atom is 0.355 e. The first kappa shape index (κ1) is 15.3. The van der Waals surface area contributed by atoms with Crippen LogP contribution in [0.25, 0.3) is 10.9 Å². The maximum atomic E-state index is 12.0. The first-order chi connectivity index (χ1) is 11.1. The lowest BCUT2D eigenvalue weighted by atomic mass is 10.2. The summed E-state index contributed by atoms with van der Waals surface area (Å²) in [6, 6.07) is 11.3. The third-order valence-electron chi connectivity index (χ3n) is 3.50. The van der Waals surface area contributed by atoms with Crippen molar-refractivity contribution >= 4 is 34.1 Å². The number of benzene rings is 1. The first-order valence-electron chi connectivity index (χ1n) is 7.13. The van der Waals surface area contributed by atoms with E-state index < -0.39 is 5.97 Å². The third kappa shape index (κ3) is 3.60. The molecule has 0 aliphatic carbocycles. The Hall–Kier alpha value is -2.60. The lowest BCUT2D eigenvalue weighted by Gasteiger charge is -2.16. The molecule has 0 unspecified atom stereocenters. The van der Waals surface area contributed by atoms with Crippen LogP contribution in [0.3, 0.4) is 0 Å². The number of amides is 1. The molecular formula is C17H16N2O3S. The van der Waals surface area contributed by atoms with Crippen molar-refractivity contribution in [1.82, 2.24) is 9.88 Å². The van der Waals surface area contributed by atoms with Gasteiger partial charge in [-0.15, -0.1) is 0 Å². The third-order valence-corrected chi connectivity index (χ3v) is 4.23. The molecule has 0 bridgehead atoms. The molecule has 0 saturated heterocycles. The largest absolute Gasteiger partial charge is 0.451 e. The minimum absolute atomic E-state index is 0.235. The number of carbonyl (C=O) groups excluding carboxylic acids is 2. The predicted octanol–water partition coefficient (Wildman–Crippen LogP) is 3.04. The molecule has 0 spiro atoms. The lowest BCUT2D eigenvalue weighted by molar-refractivity contribution is -0.133. The second-order valence-corrected chi connectivity index (χ2v) is 6.01. The van der Waals surface area contributed by atoms with E-state index in [2.05, 4.69) is 4.98 Å². The van der Waals surface area contributed by atoms with Gasteiger partial charge in [0.25, 0.3) is 5.91 Å². The zero-order chi connectivity index (χ0) is 16.2. The van der Waals surface area contributed by atoms with Crippen LogP contribution in [0.15, 0.2) is 47.2 Å². The molecule has 3 rings (SSSR count). The number of nitrogens with one attached hydrogen (secondary N) is 1. The fraction of sp³-hybridized carbons (Fsp3) is 0.176. The molecule has 0 atom stereocenters. The average Bonchev–Trinajstić information content (AvgIpc) is 3.20. The molecule has 0 aliphatic rings. The van der Waals surface area contributed by atoms with E-state index in [-0.39, 0.29) is 12.5 Å². The molecule has 0 saturated carbocycles. The number of esters is 1. The Bertz CT molecular complexity index is 790. The van der Waals surface area contributed by atoms with Crippen molar-refractivity contribution in [2.45, 2.75) is 6.54 Å². The lowest BCUT2D eigenvalue weighted by Crippen LogP contribution is -2.30. The Balaban J connectivity index is 1.56. The molecule has 1 N–H and O–H groups in total. The van der Waals surface area contributed by atoms with Crippen LogP contribution >= 0.6 is 11.3 Å². The van der Waals surface area contributed by atoms with Crippen molar-refractivity contribution < 1.29 is 14.3 Å². The summed E-state index contributed by atoms with van der Waals surface area (Å²) in [4.78, 5) is 28.6. The van der Waals surface area contributed by atoms with Gasteiger partial charge in [0.1, 0.15) is 5.69 Å². The summed E-state index contributed by atoms with van der Waals surface area (Å²) in [5.74, 6) is -0.765. The molecule has 6 heteroatoms. The number of para-hydroxylation sites is 1. The summed E-state index contributed by atoms with van der Waals surface area (Å²) in [7, 11) is 1.69. The van der Waals surface area contributed by atoms with E-state index in [4.69, 9.17) is 4.74 Å². The zero-order valence-electron chi connectivity index (χ0n) is 12.6. The van der Waals surface area contributed by atoms with Crippen molar-refractivity contribution in [3.63, 3.8) is 0 Å². The number of carbonyl (C=O) groups is 2. The molecule has 2 aromatic heterocycles. The molecule has 0 radical (unpaired) electrons. The van der Waals surface area contributed by atoms with Crippen LogP contribution < -0.4 is 0 Å². The number of H-pyrrole nitrogens is 1. The highest BCUT2D eigenvalue weighted by atomic mass is 32.1. The van der Waals surface area contributed by atoms with Crippen molar-refractivity contribution in [2.75, 3.05) is 13.7 Å². The summed E-state index contributed by atoms with van der Waals surface area (Å²) in [6.45, 7) is 0.237. The Labute approximate surface area is 137 Å². The second-order valence-electron chi connectivity index (χ2n) is 5.23. The number of ether oxygens (including phenoxy) is 1. The Morgan fingerprint density at radius 2 is 2.09 bits per heavy atom. The Morgan fingerprint density at radius 3 is 2.83 bits per heavy atom. The average molecular weight is 328 g/mol. The van der Waals surface area contributed by atoms with Crippen LogP contribution in [0.1, 0.15) is 16.1 Å². The van der Waals surface area contributed by atoms with Crippen molar-refractivity contribution in [2.24, 2.45) is 0 Å². The topological polar surface area (TPSA) is 62.4 Å². The van der Waals surface area contributed by atoms with Gasteiger partial charge in [-0.3, -0.25) is 4.79 Å². The van der Waals surface area contributed by atoms with Crippen LogP contribution in [0, 0.1) is 0 Å². The number of fused-ring (bicyclic) bond motifs is 1. The maximum absolute atomic E-state index is 12.0. The van der Waals surface area contributed by atoms with E-state index in [0.717, 1.165) is 16.5 Å². The highest BCUT2D eigenvalue weighted by Crippen LogP contribution is 2.15. The molecule has 0 fully saturated rings. The van der Waals surface area contributed by atoms with E-state index in [0.29, 0.717) is 12.2 Å². The number of rotatable bonds is 5. The smallest absolute Gasteiger partial charge is 0.355 e. The standard InChI is InChI=1S/C17H16N2O3S/c1-19(9-12-6-7-23-11-12)16(20)10-22-17(21)15-8-13-4-2-3-5-14(13)18-15/h2-8,11,18H,9-10H2,1H3. The van der Waals surface area contributed by atoms with Gasteiger partial charge < -0.3 is 14.6 Å². The number of hydrogen-bond donors (Lipinski definition) is 1. The highest BCUT2D eigenvalue weighted by molar-refractivity contribution is 7.07. The minimum atomic E-state index is -0.529. The summed E-state index contributed by atoms with van der Waals surface area (Å²) < 4.78 is 5.10. The Kier molecular flexibility index (Phi) is 4.43. The van der Waals surface area contributed by atoms with Crippen LogP contribution in [0.5, 0.6) is 0 Å². The normalized spacial score (nSPS) is 10.7. The summed E-state index contributed by atoms with van der Waals surface area (Å²) in [6.07, 6.45) is 0. The van der Waals surface area contributed by atoms with Crippen LogP contribution in [-0.4, -0.2) is 35.4 Å². The number of hydrogen-bond acceptors (Lipinski definition) is 4. The number of aromatic nitrogens is 1. The van der Waals surface area contributed by atoms with E-state index in [1.165, 1.54) is 0 Å². The molecule has 3 aromatic rings. The quantitative estimate of drug-likeness (QED) is 0.732. The number of nitrogens with zero attached hydrogens (tertiary/aromatic N) is 1. The van der Waals surface area contributed by atoms with E-state index in [9.17, 15) is 9.59 Å². The van der Waals surface area contributed by atoms with Gasteiger partial charge in [0, 0.05) is 24.5 Å². The number of aromatic amines is 1. The van der Waals surface area contributed by atoms with Gasteiger partial charge in [0.15, 0.2) is 6.61 Å². The van der Waals surface area contributed by atoms with Gasteiger partial charge >= 0.3 is 5.97 Å². The van der Waals surface area contributed by atoms with E-state index >= 15 is 0 Å². The summed E-state index contributed by atoms with van der Waals surface area (Å²) >= 11 is 1.58. The van der Waals surface area contributed by atoms with Crippen molar-refractivity contribution in [3.05, 3.63) is 58.4 Å². The van der Waals surface area contributed by atoms with Crippen LogP contribution in [-0.2, 0) is 16.1 Å². The summed E-state index contributed by atoms with van der Waals surface area (Å²) in [5, 5.41) is 4.88. The number of thiophene rings is 1. The molecule has 1 amide bonds.